The average molecular weight is 650 g/mol. The summed E-state index contributed by atoms with van der Waals surface area (Å²) in [6, 6.07) is 11.5. The van der Waals surface area contributed by atoms with Crippen LogP contribution in [-0.4, -0.2) is 28.2 Å². The summed E-state index contributed by atoms with van der Waals surface area (Å²) < 4.78 is 26.4. The predicted octanol–water partition coefficient (Wildman–Crippen LogP) is 8.17. The van der Waals surface area contributed by atoms with Crippen molar-refractivity contribution in [2.45, 2.75) is 30.3 Å². The highest BCUT2D eigenvalue weighted by Crippen LogP contribution is 2.65. The van der Waals surface area contributed by atoms with Crippen molar-refractivity contribution >= 4 is 92.8 Å². The van der Waals surface area contributed by atoms with E-state index in [1.165, 1.54) is 31.2 Å². The van der Waals surface area contributed by atoms with Crippen molar-refractivity contribution in [1.29, 1.82) is 0 Å². The monoisotopic (exact) mass is 647 g/mol. The van der Waals surface area contributed by atoms with Crippen molar-refractivity contribution < 1.29 is 23.2 Å². The maximum absolute atomic E-state index is 14.6. The van der Waals surface area contributed by atoms with Gasteiger partial charge in [0, 0.05) is 17.3 Å². The second-order valence-electron chi connectivity index (χ2n) is 9.20. The van der Waals surface area contributed by atoms with Crippen molar-refractivity contribution in [3.63, 3.8) is 0 Å². The number of anilines is 3. The van der Waals surface area contributed by atoms with E-state index in [4.69, 9.17) is 58.0 Å². The lowest BCUT2D eigenvalue weighted by atomic mass is 10.1. The molecule has 1 aliphatic rings. The van der Waals surface area contributed by atoms with Gasteiger partial charge in [-0.25, -0.2) is 8.78 Å². The van der Waals surface area contributed by atoms with Crippen LogP contribution in [0.4, 0.5) is 25.8 Å². The molecule has 2 unspecified atom stereocenters. The van der Waals surface area contributed by atoms with Crippen LogP contribution in [0.2, 0.25) is 15.1 Å². The van der Waals surface area contributed by atoms with E-state index < -0.39 is 45.9 Å². The lowest BCUT2D eigenvalue weighted by Gasteiger charge is -2.14. The summed E-state index contributed by atoms with van der Waals surface area (Å²) in [4.78, 5) is 37.6. The van der Waals surface area contributed by atoms with Crippen molar-refractivity contribution in [2.75, 3.05) is 16.0 Å². The third-order valence-corrected chi connectivity index (χ3v) is 8.28. The summed E-state index contributed by atoms with van der Waals surface area (Å²) in [5, 5.41) is 8.09. The van der Waals surface area contributed by atoms with E-state index in [0.29, 0.717) is 15.6 Å². The smallest absolute Gasteiger partial charge is 0.258 e. The number of rotatable bonds is 7. The molecule has 0 spiro atoms. The largest absolute Gasteiger partial charge is 0.326 e. The van der Waals surface area contributed by atoms with Gasteiger partial charge in [-0.1, -0.05) is 40.9 Å². The third-order valence-electron chi connectivity index (χ3n) is 6.27. The molecule has 4 rings (SSSR count). The number of amides is 3. The molecular formula is C27H20Cl5F2N3O3. The lowest BCUT2D eigenvalue weighted by molar-refractivity contribution is -0.120. The number of nitrogens with one attached hydrogen (secondary N) is 3. The Labute approximate surface area is 253 Å². The summed E-state index contributed by atoms with van der Waals surface area (Å²) >= 11 is 31.1. The van der Waals surface area contributed by atoms with E-state index in [2.05, 4.69) is 16.0 Å². The Balaban J connectivity index is 1.49. The minimum atomic E-state index is -1.83. The first-order valence-corrected chi connectivity index (χ1v) is 13.6. The summed E-state index contributed by atoms with van der Waals surface area (Å²) in [6.45, 7) is 2.51. The van der Waals surface area contributed by atoms with Gasteiger partial charge in [0.1, 0.15) is 10.2 Å². The number of hydrogen-bond donors (Lipinski definition) is 3. The maximum Gasteiger partial charge on any atom is 0.258 e. The van der Waals surface area contributed by atoms with Gasteiger partial charge in [-0.2, -0.15) is 0 Å². The average Bonchev–Trinajstić information content (AvgIpc) is 3.45. The van der Waals surface area contributed by atoms with E-state index in [1.807, 2.05) is 0 Å². The molecule has 0 aromatic heterocycles. The lowest BCUT2D eigenvalue weighted by Crippen LogP contribution is -2.22. The van der Waals surface area contributed by atoms with Crippen molar-refractivity contribution in [3.8, 4) is 0 Å². The molecule has 0 saturated heterocycles. The Morgan fingerprint density at radius 2 is 1.55 bits per heavy atom. The van der Waals surface area contributed by atoms with E-state index >= 15 is 0 Å². The Morgan fingerprint density at radius 1 is 0.875 bits per heavy atom. The maximum atomic E-state index is 14.6. The van der Waals surface area contributed by atoms with E-state index in [9.17, 15) is 23.2 Å². The van der Waals surface area contributed by atoms with Gasteiger partial charge >= 0.3 is 0 Å². The quantitative estimate of drug-likeness (QED) is 0.226. The molecule has 3 N–H and O–H groups in total. The van der Waals surface area contributed by atoms with E-state index in [0.717, 1.165) is 13.0 Å². The molecule has 0 bridgehead atoms. The van der Waals surface area contributed by atoms with Gasteiger partial charge in [0.05, 0.1) is 32.2 Å². The van der Waals surface area contributed by atoms with Gasteiger partial charge in [-0.3, -0.25) is 14.4 Å². The van der Waals surface area contributed by atoms with Crippen LogP contribution in [0.5, 0.6) is 0 Å². The van der Waals surface area contributed by atoms with Gasteiger partial charge in [0.2, 0.25) is 5.91 Å². The second-order valence-corrected chi connectivity index (χ2v) is 11.9. The zero-order chi connectivity index (χ0) is 29.5. The normalized spacial score (nSPS) is 18.0. The third kappa shape index (κ3) is 6.31. The summed E-state index contributed by atoms with van der Waals surface area (Å²) in [7, 11) is 0. The van der Waals surface area contributed by atoms with Crippen LogP contribution in [-0.2, 0) is 9.59 Å². The number of alkyl halides is 3. The van der Waals surface area contributed by atoms with Crippen LogP contribution in [0.25, 0.3) is 0 Å². The fourth-order valence-electron chi connectivity index (χ4n) is 4.17. The number of halogens is 7. The van der Waals surface area contributed by atoms with Gasteiger partial charge in [-0.15, -0.1) is 23.2 Å². The van der Waals surface area contributed by atoms with Crippen LogP contribution in [0.3, 0.4) is 0 Å². The molecule has 1 fully saturated rings. The van der Waals surface area contributed by atoms with Gasteiger partial charge in [0.15, 0.2) is 6.17 Å². The zero-order valence-corrected chi connectivity index (χ0v) is 24.5. The highest BCUT2D eigenvalue weighted by Gasteiger charge is 2.67. The molecule has 1 aliphatic carbocycles. The Morgan fingerprint density at radius 3 is 2.17 bits per heavy atom. The van der Waals surface area contributed by atoms with Crippen LogP contribution in [0, 0.1) is 18.7 Å². The molecule has 40 heavy (non-hydrogen) atoms. The van der Waals surface area contributed by atoms with Crippen LogP contribution in [0.15, 0.2) is 48.5 Å². The van der Waals surface area contributed by atoms with E-state index in [-0.39, 0.29) is 33.2 Å². The fraction of sp³-hybridized carbons (Fsp3) is 0.222. The summed E-state index contributed by atoms with van der Waals surface area (Å²) in [6.07, 6.45) is -1.83. The van der Waals surface area contributed by atoms with Gasteiger partial charge in [0.25, 0.3) is 11.8 Å². The SMILES string of the molecule is Cc1cc(NC(=O)c2cc(NC(=O)C3C(c4ccc(Cl)c(Cl)c4)C3(Cl)Cl)ccc2Cl)cc(F)c1NC(=O)[C@H](C)F. The molecular weight excluding hydrogens is 630 g/mol. The van der Waals surface area contributed by atoms with Gasteiger partial charge in [-0.05, 0) is 67.4 Å². The molecule has 6 nitrogen and oxygen atoms in total. The molecule has 1 saturated carbocycles. The Hall–Kier alpha value is -2.62. The minimum Gasteiger partial charge on any atom is -0.326 e. The highest BCUT2D eigenvalue weighted by atomic mass is 35.5. The number of aryl methyl sites for hydroxylation is 1. The minimum absolute atomic E-state index is 0.0130. The molecule has 13 heteroatoms. The first kappa shape index (κ1) is 30.3. The number of carbonyl (C=O) groups is 3. The Kier molecular flexibility index (Phi) is 8.88. The van der Waals surface area contributed by atoms with Crippen molar-refractivity contribution in [2.24, 2.45) is 5.92 Å². The standard InChI is InChI=1S/C27H20Cl5F2N3O3/c1-11-7-15(10-20(34)23(11)37-24(38)12(2)33)36-25(39)16-9-14(4-6-17(16)28)35-26(40)22-21(27(22,31)32)13-3-5-18(29)19(30)8-13/h3-10,12,21-22H,1-2H3,(H,35,40)(H,36,39)(H,37,38)/t12-,21?,22?/m0/s1. The molecule has 0 heterocycles. The number of carbonyl (C=O) groups excluding carboxylic acids is 3. The van der Waals surface area contributed by atoms with Crippen LogP contribution in [0.1, 0.15) is 34.3 Å². The molecule has 3 amide bonds. The fourth-order valence-corrected chi connectivity index (χ4v) is 5.50. The number of benzene rings is 3. The molecule has 3 aromatic carbocycles. The molecule has 0 aliphatic heterocycles. The molecule has 3 atom stereocenters. The zero-order valence-electron chi connectivity index (χ0n) is 20.7. The topological polar surface area (TPSA) is 87.3 Å². The molecule has 0 radical (unpaired) electrons. The van der Waals surface area contributed by atoms with Gasteiger partial charge < -0.3 is 16.0 Å². The second kappa shape index (κ2) is 11.7. The van der Waals surface area contributed by atoms with Crippen molar-refractivity contribution in [1.82, 2.24) is 0 Å². The highest BCUT2D eigenvalue weighted by molar-refractivity contribution is 6.53. The Bertz CT molecular complexity index is 1510. The first-order valence-electron chi connectivity index (χ1n) is 11.7. The number of hydrogen-bond acceptors (Lipinski definition) is 3. The molecule has 3 aromatic rings. The molecule has 210 valence electrons. The van der Waals surface area contributed by atoms with Crippen LogP contribution < -0.4 is 16.0 Å². The van der Waals surface area contributed by atoms with Crippen LogP contribution >= 0.6 is 58.0 Å². The summed E-state index contributed by atoms with van der Waals surface area (Å²) in [5.41, 5.74) is 0.980. The first-order chi connectivity index (χ1) is 18.7. The predicted molar refractivity (Wildman–Crippen MR) is 156 cm³/mol. The summed E-state index contributed by atoms with van der Waals surface area (Å²) in [5.74, 6) is -4.42. The van der Waals surface area contributed by atoms with Crippen molar-refractivity contribution in [3.05, 3.63) is 86.1 Å². The van der Waals surface area contributed by atoms with E-state index in [1.54, 1.807) is 18.2 Å².